The molecule has 0 aliphatic rings. The number of rotatable bonds is 5. The minimum Gasteiger partial charge on any atom is -0.398 e. The molecule has 0 aliphatic heterocycles. The summed E-state index contributed by atoms with van der Waals surface area (Å²) in [5.74, 6) is 0. The molecule has 1 atom stereocenters. The van der Waals surface area contributed by atoms with Gasteiger partial charge in [0, 0.05) is 16.8 Å². The van der Waals surface area contributed by atoms with Gasteiger partial charge in [0.25, 0.3) is 0 Å². The van der Waals surface area contributed by atoms with Crippen LogP contribution in [0.3, 0.4) is 0 Å². The van der Waals surface area contributed by atoms with E-state index in [4.69, 9.17) is 22.4 Å². The predicted molar refractivity (Wildman–Crippen MR) is 72.1 cm³/mol. The van der Waals surface area contributed by atoms with Gasteiger partial charge in [-0.25, -0.2) is 13.1 Å². The van der Waals surface area contributed by atoms with Gasteiger partial charge in [-0.1, -0.05) is 18.5 Å². The van der Waals surface area contributed by atoms with Gasteiger partial charge in [0.05, 0.1) is 11.5 Å². The van der Waals surface area contributed by atoms with Crippen molar-refractivity contribution in [2.75, 3.05) is 12.3 Å². The molecule has 18 heavy (non-hydrogen) atoms. The van der Waals surface area contributed by atoms with Crippen LogP contribution in [0.25, 0.3) is 0 Å². The van der Waals surface area contributed by atoms with Crippen LogP contribution in [0.15, 0.2) is 17.0 Å². The van der Waals surface area contributed by atoms with Crippen molar-refractivity contribution >= 4 is 27.3 Å². The van der Waals surface area contributed by atoms with Crippen LogP contribution in [0.1, 0.15) is 18.9 Å². The summed E-state index contributed by atoms with van der Waals surface area (Å²) < 4.78 is 26.5. The van der Waals surface area contributed by atoms with Crippen LogP contribution >= 0.6 is 11.6 Å². The van der Waals surface area contributed by atoms with Crippen molar-refractivity contribution in [3.63, 3.8) is 0 Å². The van der Waals surface area contributed by atoms with Crippen LogP contribution in [0.2, 0.25) is 5.02 Å². The van der Waals surface area contributed by atoms with Crippen molar-refractivity contribution in [3.05, 3.63) is 22.7 Å². The van der Waals surface area contributed by atoms with Crippen molar-refractivity contribution < 1.29 is 13.5 Å². The number of anilines is 1. The van der Waals surface area contributed by atoms with Gasteiger partial charge < -0.3 is 10.8 Å². The van der Waals surface area contributed by atoms with Gasteiger partial charge in [-0.05, 0) is 31.0 Å². The maximum absolute atomic E-state index is 12.0. The van der Waals surface area contributed by atoms with Gasteiger partial charge in [0.15, 0.2) is 0 Å². The quantitative estimate of drug-likeness (QED) is 0.713. The van der Waals surface area contributed by atoms with Gasteiger partial charge in [-0.3, -0.25) is 0 Å². The normalized spacial score (nSPS) is 13.6. The van der Waals surface area contributed by atoms with Crippen LogP contribution in [-0.2, 0) is 10.0 Å². The fourth-order valence-electron chi connectivity index (χ4n) is 1.37. The van der Waals surface area contributed by atoms with Crippen LogP contribution in [0.4, 0.5) is 5.69 Å². The van der Waals surface area contributed by atoms with Crippen molar-refractivity contribution in [1.29, 1.82) is 0 Å². The SMILES string of the molecule is CC[C@@H](CO)NS(=O)(=O)c1cc(N)c(C)c(Cl)c1. The van der Waals surface area contributed by atoms with Gasteiger partial charge in [0.2, 0.25) is 10.0 Å². The number of nitrogens with two attached hydrogens (primary N) is 1. The molecule has 0 aliphatic carbocycles. The second-order valence-electron chi connectivity index (χ2n) is 4.03. The third kappa shape index (κ3) is 3.35. The van der Waals surface area contributed by atoms with E-state index in [1.54, 1.807) is 13.8 Å². The molecular weight excluding hydrogens is 276 g/mol. The van der Waals surface area contributed by atoms with Crippen molar-refractivity contribution in [2.45, 2.75) is 31.2 Å². The van der Waals surface area contributed by atoms with E-state index >= 15 is 0 Å². The largest absolute Gasteiger partial charge is 0.398 e. The Labute approximate surface area is 112 Å². The van der Waals surface area contributed by atoms with Gasteiger partial charge in [-0.15, -0.1) is 0 Å². The Morgan fingerprint density at radius 2 is 2.11 bits per heavy atom. The molecule has 0 unspecified atom stereocenters. The zero-order valence-electron chi connectivity index (χ0n) is 10.3. The summed E-state index contributed by atoms with van der Waals surface area (Å²) in [6, 6.07) is 2.18. The average molecular weight is 293 g/mol. The lowest BCUT2D eigenvalue weighted by Crippen LogP contribution is -2.36. The van der Waals surface area contributed by atoms with E-state index in [-0.39, 0.29) is 11.5 Å². The minimum atomic E-state index is -3.72. The van der Waals surface area contributed by atoms with E-state index in [1.807, 2.05) is 0 Å². The summed E-state index contributed by atoms with van der Waals surface area (Å²) in [5, 5.41) is 9.31. The lowest BCUT2D eigenvalue weighted by atomic mass is 10.2. The molecule has 0 radical (unpaired) electrons. The summed E-state index contributed by atoms with van der Waals surface area (Å²) in [7, 11) is -3.72. The van der Waals surface area contributed by atoms with Gasteiger partial charge >= 0.3 is 0 Å². The second-order valence-corrected chi connectivity index (χ2v) is 6.15. The molecule has 0 bridgehead atoms. The number of benzene rings is 1. The lowest BCUT2D eigenvalue weighted by molar-refractivity contribution is 0.254. The fourth-order valence-corrected chi connectivity index (χ4v) is 3.03. The molecule has 5 nitrogen and oxygen atoms in total. The molecule has 1 aromatic rings. The fraction of sp³-hybridized carbons (Fsp3) is 0.455. The Bertz CT molecular complexity index is 504. The Morgan fingerprint density at radius 3 is 2.56 bits per heavy atom. The first-order valence-electron chi connectivity index (χ1n) is 5.50. The van der Waals surface area contributed by atoms with E-state index in [1.165, 1.54) is 12.1 Å². The van der Waals surface area contributed by atoms with Crippen LogP contribution < -0.4 is 10.5 Å². The summed E-state index contributed by atoms with van der Waals surface area (Å²) in [4.78, 5) is 0.00231. The smallest absolute Gasteiger partial charge is 0.241 e. The monoisotopic (exact) mass is 292 g/mol. The summed E-state index contributed by atoms with van der Waals surface area (Å²) in [6.07, 6.45) is 0.491. The molecule has 4 N–H and O–H groups in total. The number of hydrogen-bond acceptors (Lipinski definition) is 4. The van der Waals surface area contributed by atoms with E-state index < -0.39 is 16.1 Å². The number of halogens is 1. The van der Waals surface area contributed by atoms with Gasteiger partial charge in [0.1, 0.15) is 0 Å². The lowest BCUT2D eigenvalue weighted by Gasteiger charge is -2.15. The summed E-state index contributed by atoms with van der Waals surface area (Å²) in [5.41, 5.74) is 6.65. The number of aliphatic hydroxyl groups is 1. The Balaban J connectivity index is 3.13. The third-order valence-electron chi connectivity index (χ3n) is 2.70. The first-order chi connectivity index (χ1) is 8.31. The number of sulfonamides is 1. The maximum atomic E-state index is 12.0. The molecule has 7 heteroatoms. The highest BCUT2D eigenvalue weighted by Gasteiger charge is 2.20. The van der Waals surface area contributed by atoms with Crippen LogP contribution in [0.5, 0.6) is 0 Å². The molecule has 0 spiro atoms. The zero-order valence-corrected chi connectivity index (χ0v) is 11.8. The molecule has 0 amide bonds. The first-order valence-corrected chi connectivity index (χ1v) is 7.36. The predicted octanol–water partition coefficient (Wildman–Crippen LogP) is 1.28. The molecule has 0 saturated heterocycles. The number of hydrogen-bond donors (Lipinski definition) is 3. The van der Waals surface area contributed by atoms with Crippen LogP contribution in [0, 0.1) is 6.92 Å². The van der Waals surface area contributed by atoms with Crippen LogP contribution in [-0.4, -0.2) is 26.2 Å². The molecule has 0 aromatic heterocycles. The zero-order chi connectivity index (χ0) is 13.9. The van der Waals surface area contributed by atoms with Crippen molar-refractivity contribution in [1.82, 2.24) is 4.72 Å². The molecule has 1 rings (SSSR count). The summed E-state index contributed by atoms with van der Waals surface area (Å²) >= 11 is 5.91. The van der Waals surface area contributed by atoms with Crippen molar-refractivity contribution in [2.24, 2.45) is 0 Å². The van der Waals surface area contributed by atoms with E-state index in [0.29, 0.717) is 22.7 Å². The standard InChI is InChI=1S/C11H17ClN2O3S/c1-3-8(6-15)14-18(16,17)9-4-10(12)7(2)11(13)5-9/h4-5,8,14-15H,3,6,13H2,1-2H3/t8-/m0/s1. The Hall–Kier alpha value is -0.820. The first kappa shape index (κ1) is 15.2. The minimum absolute atomic E-state index is 0.00231. The number of nitrogen functional groups attached to an aromatic ring is 1. The van der Waals surface area contributed by atoms with E-state index in [0.717, 1.165) is 0 Å². The highest BCUT2D eigenvalue weighted by atomic mass is 35.5. The molecule has 102 valence electrons. The molecular formula is C11H17ClN2O3S. The maximum Gasteiger partial charge on any atom is 0.241 e. The van der Waals surface area contributed by atoms with Gasteiger partial charge in [-0.2, -0.15) is 0 Å². The Morgan fingerprint density at radius 1 is 1.50 bits per heavy atom. The van der Waals surface area contributed by atoms with E-state index in [9.17, 15) is 8.42 Å². The average Bonchev–Trinajstić information content (AvgIpc) is 2.32. The molecule has 0 fully saturated rings. The number of aliphatic hydroxyl groups excluding tert-OH is 1. The van der Waals surface area contributed by atoms with Crippen molar-refractivity contribution in [3.8, 4) is 0 Å². The number of nitrogens with one attached hydrogen (secondary N) is 1. The topological polar surface area (TPSA) is 92.4 Å². The molecule has 1 aromatic carbocycles. The molecule has 0 saturated carbocycles. The Kier molecular flexibility index (Phi) is 4.98. The third-order valence-corrected chi connectivity index (χ3v) is 4.60. The highest BCUT2D eigenvalue weighted by molar-refractivity contribution is 7.89. The summed E-state index contributed by atoms with van der Waals surface area (Å²) in [6.45, 7) is 3.23. The molecule has 0 heterocycles. The highest BCUT2D eigenvalue weighted by Crippen LogP contribution is 2.26. The second kappa shape index (κ2) is 5.88. The van der Waals surface area contributed by atoms with E-state index in [2.05, 4.69) is 4.72 Å².